The summed E-state index contributed by atoms with van der Waals surface area (Å²) in [5.41, 5.74) is -0.560. The van der Waals surface area contributed by atoms with Crippen LogP contribution in [0.3, 0.4) is 0 Å². The highest BCUT2D eigenvalue weighted by molar-refractivity contribution is 5.84. The van der Waals surface area contributed by atoms with Gasteiger partial charge in [0.25, 0.3) is 0 Å². The maximum absolute atomic E-state index is 11.8. The molecule has 1 rings (SSSR count). The van der Waals surface area contributed by atoms with E-state index in [0.29, 0.717) is 30.7 Å². The van der Waals surface area contributed by atoms with Crippen molar-refractivity contribution in [3.63, 3.8) is 0 Å². The lowest BCUT2D eigenvalue weighted by Gasteiger charge is -2.25. The van der Waals surface area contributed by atoms with Crippen molar-refractivity contribution in [2.24, 2.45) is 16.7 Å². The normalized spacial score (nSPS) is 21.4. The van der Waals surface area contributed by atoms with Gasteiger partial charge in [-0.15, -0.1) is 0 Å². The lowest BCUT2D eigenvalue weighted by atomic mass is 9.79. The Morgan fingerprint density at radius 3 is 2.17 bits per heavy atom. The van der Waals surface area contributed by atoms with Crippen LogP contribution in [-0.4, -0.2) is 23.5 Å². The standard InChI is InChI=1S/C14H25NO3/c1-5-14(6-2,12(17)18)8-11(16)15-9-10-7-13(10,3)4/h10H,5-9H2,1-4H3,(H,15,16)(H,17,18). The van der Waals surface area contributed by atoms with Crippen LogP contribution in [0.25, 0.3) is 0 Å². The molecular formula is C14H25NO3. The average molecular weight is 255 g/mol. The zero-order chi connectivity index (χ0) is 14.0. The summed E-state index contributed by atoms with van der Waals surface area (Å²) >= 11 is 0. The Balaban J connectivity index is 2.45. The van der Waals surface area contributed by atoms with Gasteiger partial charge >= 0.3 is 5.97 Å². The van der Waals surface area contributed by atoms with Gasteiger partial charge < -0.3 is 10.4 Å². The minimum absolute atomic E-state index is 0.0858. The molecule has 0 saturated heterocycles. The van der Waals surface area contributed by atoms with Gasteiger partial charge in [0, 0.05) is 13.0 Å². The molecule has 104 valence electrons. The molecule has 0 aromatic rings. The van der Waals surface area contributed by atoms with E-state index in [4.69, 9.17) is 0 Å². The lowest BCUT2D eigenvalue weighted by molar-refractivity contribution is -0.152. The first-order valence-electron chi connectivity index (χ1n) is 6.77. The van der Waals surface area contributed by atoms with Crippen molar-refractivity contribution in [1.82, 2.24) is 5.32 Å². The van der Waals surface area contributed by atoms with Crippen LogP contribution >= 0.6 is 0 Å². The van der Waals surface area contributed by atoms with Gasteiger partial charge in [-0.2, -0.15) is 0 Å². The number of hydrogen-bond donors (Lipinski definition) is 2. The monoisotopic (exact) mass is 255 g/mol. The molecule has 1 fully saturated rings. The van der Waals surface area contributed by atoms with Gasteiger partial charge in [0.1, 0.15) is 0 Å². The molecule has 1 unspecified atom stereocenters. The van der Waals surface area contributed by atoms with E-state index in [1.807, 2.05) is 13.8 Å². The Kier molecular flexibility index (Phi) is 4.41. The zero-order valence-corrected chi connectivity index (χ0v) is 11.9. The first-order valence-corrected chi connectivity index (χ1v) is 6.77. The summed E-state index contributed by atoms with van der Waals surface area (Å²) in [6, 6.07) is 0. The second-order valence-corrected chi connectivity index (χ2v) is 6.16. The summed E-state index contributed by atoms with van der Waals surface area (Å²) in [5.74, 6) is -0.456. The molecular weight excluding hydrogens is 230 g/mol. The SMILES string of the molecule is CCC(CC)(CC(=O)NCC1CC1(C)C)C(=O)O. The molecule has 18 heavy (non-hydrogen) atoms. The number of carbonyl (C=O) groups is 2. The molecule has 4 nitrogen and oxygen atoms in total. The molecule has 2 N–H and O–H groups in total. The van der Waals surface area contributed by atoms with Crippen LogP contribution < -0.4 is 5.32 Å². The van der Waals surface area contributed by atoms with Gasteiger partial charge in [-0.25, -0.2) is 0 Å². The fourth-order valence-electron chi connectivity index (χ4n) is 2.41. The average Bonchev–Trinajstić information content (AvgIpc) is 2.91. The number of hydrogen-bond acceptors (Lipinski definition) is 2. The van der Waals surface area contributed by atoms with Crippen LogP contribution in [0.5, 0.6) is 0 Å². The van der Waals surface area contributed by atoms with Crippen LogP contribution in [0.2, 0.25) is 0 Å². The van der Waals surface area contributed by atoms with Crippen molar-refractivity contribution < 1.29 is 14.7 Å². The molecule has 1 saturated carbocycles. The summed E-state index contributed by atoms with van der Waals surface area (Å²) in [7, 11) is 0. The van der Waals surface area contributed by atoms with E-state index >= 15 is 0 Å². The lowest BCUT2D eigenvalue weighted by Crippen LogP contribution is -2.37. The van der Waals surface area contributed by atoms with Crippen molar-refractivity contribution in [3.05, 3.63) is 0 Å². The summed E-state index contributed by atoms with van der Waals surface area (Å²) in [4.78, 5) is 23.1. The van der Waals surface area contributed by atoms with Crippen molar-refractivity contribution in [2.45, 2.75) is 53.4 Å². The maximum Gasteiger partial charge on any atom is 0.310 e. The maximum atomic E-state index is 11.8. The van der Waals surface area contributed by atoms with E-state index in [-0.39, 0.29) is 12.3 Å². The molecule has 0 aliphatic heterocycles. The van der Waals surface area contributed by atoms with Crippen LogP contribution in [0, 0.1) is 16.7 Å². The number of carbonyl (C=O) groups excluding carboxylic acids is 1. The number of amides is 1. The number of nitrogens with one attached hydrogen (secondary N) is 1. The van der Waals surface area contributed by atoms with E-state index in [2.05, 4.69) is 19.2 Å². The van der Waals surface area contributed by atoms with E-state index in [1.54, 1.807) is 0 Å². The van der Waals surface area contributed by atoms with Crippen LogP contribution in [0.1, 0.15) is 53.4 Å². The van der Waals surface area contributed by atoms with Gasteiger partial charge in [0.2, 0.25) is 5.91 Å². The number of carboxylic acids is 1. The van der Waals surface area contributed by atoms with Crippen molar-refractivity contribution >= 4 is 11.9 Å². The molecule has 0 bridgehead atoms. The summed E-state index contributed by atoms with van der Waals surface area (Å²) < 4.78 is 0. The molecule has 1 aliphatic rings. The molecule has 1 amide bonds. The largest absolute Gasteiger partial charge is 0.481 e. The topological polar surface area (TPSA) is 66.4 Å². The fraction of sp³-hybridized carbons (Fsp3) is 0.857. The Morgan fingerprint density at radius 1 is 1.33 bits per heavy atom. The van der Waals surface area contributed by atoms with E-state index in [1.165, 1.54) is 0 Å². The molecule has 0 aromatic heterocycles. The van der Waals surface area contributed by atoms with E-state index in [0.717, 1.165) is 6.42 Å². The van der Waals surface area contributed by atoms with Crippen LogP contribution in [-0.2, 0) is 9.59 Å². The Labute approximate surface area is 109 Å². The molecule has 1 atom stereocenters. The first-order chi connectivity index (χ1) is 8.27. The van der Waals surface area contributed by atoms with Crippen molar-refractivity contribution in [2.75, 3.05) is 6.54 Å². The van der Waals surface area contributed by atoms with Crippen LogP contribution in [0.4, 0.5) is 0 Å². The predicted octanol–water partition coefficient (Wildman–Crippen LogP) is 2.43. The number of aliphatic carboxylic acids is 1. The van der Waals surface area contributed by atoms with Gasteiger partial charge in [-0.1, -0.05) is 27.7 Å². The Morgan fingerprint density at radius 2 is 1.83 bits per heavy atom. The zero-order valence-electron chi connectivity index (χ0n) is 11.9. The van der Waals surface area contributed by atoms with E-state index in [9.17, 15) is 14.7 Å². The van der Waals surface area contributed by atoms with Gasteiger partial charge in [0.15, 0.2) is 0 Å². The number of rotatable bonds is 7. The molecule has 4 heteroatoms. The van der Waals surface area contributed by atoms with Crippen molar-refractivity contribution in [1.29, 1.82) is 0 Å². The van der Waals surface area contributed by atoms with Gasteiger partial charge in [-0.05, 0) is 30.6 Å². The third-order valence-electron chi connectivity index (χ3n) is 4.57. The second-order valence-electron chi connectivity index (χ2n) is 6.16. The minimum Gasteiger partial charge on any atom is -0.481 e. The highest BCUT2D eigenvalue weighted by atomic mass is 16.4. The van der Waals surface area contributed by atoms with Gasteiger partial charge in [0.05, 0.1) is 5.41 Å². The molecule has 0 heterocycles. The molecule has 1 aliphatic carbocycles. The highest BCUT2D eigenvalue weighted by Crippen LogP contribution is 2.51. The molecule has 0 aromatic carbocycles. The fourth-order valence-corrected chi connectivity index (χ4v) is 2.41. The molecule has 0 radical (unpaired) electrons. The molecule has 0 spiro atoms. The van der Waals surface area contributed by atoms with Crippen LogP contribution in [0.15, 0.2) is 0 Å². The Hall–Kier alpha value is -1.06. The number of carboxylic acid groups (broad SMARTS) is 1. The first kappa shape index (κ1) is 15.0. The predicted molar refractivity (Wildman–Crippen MR) is 70.2 cm³/mol. The Bertz CT molecular complexity index is 332. The third kappa shape index (κ3) is 3.24. The smallest absolute Gasteiger partial charge is 0.310 e. The summed E-state index contributed by atoms with van der Waals surface area (Å²) in [5, 5.41) is 12.1. The second kappa shape index (κ2) is 5.29. The highest BCUT2D eigenvalue weighted by Gasteiger charge is 2.45. The summed E-state index contributed by atoms with van der Waals surface area (Å²) in [6.45, 7) is 8.70. The summed E-state index contributed by atoms with van der Waals surface area (Å²) in [6.07, 6.45) is 2.20. The van der Waals surface area contributed by atoms with Crippen molar-refractivity contribution in [3.8, 4) is 0 Å². The van der Waals surface area contributed by atoms with Gasteiger partial charge in [-0.3, -0.25) is 9.59 Å². The third-order valence-corrected chi connectivity index (χ3v) is 4.57. The van der Waals surface area contributed by atoms with E-state index < -0.39 is 11.4 Å². The quantitative estimate of drug-likeness (QED) is 0.734. The minimum atomic E-state index is -0.900.